The molecule has 2 rings (SSSR count). The topological polar surface area (TPSA) is 79.9 Å². The SMILES string of the molecule is I.NC(=NCc1ccc(OC(F)(F)F)cc1)NCC(O)Cc1ccccc1. The van der Waals surface area contributed by atoms with Gasteiger partial charge in [-0.15, -0.1) is 37.1 Å². The van der Waals surface area contributed by atoms with Gasteiger partial charge in [-0.2, -0.15) is 0 Å². The number of hydrogen-bond acceptors (Lipinski definition) is 3. The van der Waals surface area contributed by atoms with Crippen molar-refractivity contribution >= 4 is 29.9 Å². The van der Waals surface area contributed by atoms with Crippen LogP contribution in [0.4, 0.5) is 13.2 Å². The summed E-state index contributed by atoms with van der Waals surface area (Å²) in [6.07, 6.45) is -4.85. The number of guanidine groups is 1. The fraction of sp³-hybridized carbons (Fsp3) is 0.278. The minimum absolute atomic E-state index is 0. The first kappa shape index (κ1) is 23.0. The molecule has 9 heteroatoms. The van der Waals surface area contributed by atoms with Crippen LogP contribution in [0.3, 0.4) is 0 Å². The molecule has 0 amide bonds. The lowest BCUT2D eigenvalue weighted by molar-refractivity contribution is -0.274. The van der Waals surface area contributed by atoms with Crippen LogP contribution in [0.5, 0.6) is 5.75 Å². The highest BCUT2D eigenvalue weighted by molar-refractivity contribution is 14.0. The van der Waals surface area contributed by atoms with E-state index < -0.39 is 12.5 Å². The predicted octanol–water partition coefficient (Wildman–Crippen LogP) is 3.21. The van der Waals surface area contributed by atoms with E-state index in [0.717, 1.165) is 5.56 Å². The fourth-order valence-corrected chi connectivity index (χ4v) is 2.21. The summed E-state index contributed by atoms with van der Waals surface area (Å²) in [4.78, 5) is 4.09. The van der Waals surface area contributed by atoms with Crippen LogP contribution < -0.4 is 15.8 Å². The second-order valence-corrected chi connectivity index (χ2v) is 5.62. The van der Waals surface area contributed by atoms with Crippen LogP contribution in [0.1, 0.15) is 11.1 Å². The summed E-state index contributed by atoms with van der Waals surface area (Å²) in [6, 6.07) is 14.9. The zero-order chi connectivity index (χ0) is 19.0. The third-order valence-corrected chi connectivity index (χ3v) is 3.42. The van der Waals surface area contributed by atoms with E-state index in [-0.39, 0.29) is 48.8 Å². The average molecular weight is 495 g/mol. The van der Waals surface area contributed by atoms with Crippen molar-refractivity contribution in [2.24, 2.45) is 10.7 Å². The minimum atomic E-state index is -4.71. The molecule has 0 aromatic heterocycles. The second kappa shape index (κ2) is 11.0. The molecule has 5 nitrogen and oxygen atoms in total. The van der Waals surface area contributed by atoms with E-state index in [4.69, 9.17) is 5.73 Å². The molecule has 0 saturated carbocycles. The molecule has 2 aromatic carbocycles. The zero-order valence-electron chi connectivity index (χ0n) is 14.3. The van der Waals surface area contributed by atoms with Crippen LogP contribution in [0.15, 0.2) is 59.6 Å². The third kappa shape index (κ3) is 9.48. The molecule has 2 aromatic rings. The monoisotopic (exact) mass is 495 g/mol. The summed E-state index contributed by atoms with van der Waals surface area (Å²) in [5, 5.41) is 12.8. The van der Waals surface area contributed by atoms with Crippen molar-refractivity contribution in [3.05, 3.63) is 65.7 Å². The van der Waals surface area contributed by atoms with Gasteiger partial charge in [0.15, 0.2) is 5.96 Å². The fourth-order valence-electron chi connectivity index (χ4n) is 2.21. The maximum atomic E-state index is 12.1. The first-order chi connectivity index (χ1) is 12.3. The van der Waals surface area contributed by atoms with Crippen LogP contribution in [-0.2, 0) is 13.0 Å². The Balaban J connectivity index is 0.00000364. The number of aliphatic hydroxyl groups is 1. The number of nitrogens with zero attached hydrogens (tertiary/aromatic N) is 1. The summed E-state index contributed by atoms with van der Waals surface area (Å²) in [5.74, 6) is -0.145. The van der Waals surface area contributed by atoms with E-state index >= 15 is 0 Å². The standard InChI is InChI=1S/C18H20F3N3O2.HI/c19-18(20,21)26-16-8-6-14(7-9-16)11-23-17(22)24-12-15(25)10-13-4-2-1-3-5-13;/h1-9,15,25H,10-12H2,(H3,22,23,24);1H. The van der Waals surface area contributed by atoms with Gasteiger partial charge in [0.05, 0.1) is 12.6 Å². The molecule has 0 aliphatic carbocycles. The Morgan fingerprint density at radius 3 is 2.30 bits per heavy atom. The van der Waals surface area contributed by atoms with Crippen LogP contribution >= 0.6 is 24.0 Å². The number of benzene rings is 2. The Morgan fingerprint density at radius 2 is 1.70 bits per heavy atom. The molecule has 27 heavy (non-hydrogen) atoms. The summed E-state index contributed by atoms with van der Waals surface area (Å²) >= 11 is 0. The van der Waals surface area contributed by atoms with Crippen molar-refractivity contribution in [1.29, 1.82) is 0 Å². The highest BCUT2D eigenvalue weighted by Gasteiger charge is 2.30. The van der Waals surface area contributed by atoms with Crippen molar-refractivity contribution in [3.63, 3.8) is 0 Å². The smallest absolute Gasteiger partial charge is 0.406 e. The lowest BCUT2D eigenvalue weighted by Crippen LogP contribution is -2.38. The molecule has 0 saturated heterocycles. The highest BCUT2D eigenvalue weighted by Crippen LogP contribution is 2.22. The minimum Gasteiger partial charge on any atom is -0.406 e. The van der Waals surface area contributed by atoms with Crippen LogP contribution in [-0.4, -0.2) is 30.1 Å². The van der Waals surface area contributed by atoms with Gasteiger partial charge in [-0.1, -0.05) is 42.5 Å². The van der Waals surface area contributed by atoms with Gasteiger partial charge >= 0.3 is 6.36 Å². The Labute approximate surface area is 172 Å². The Kier molecular flexibility index (Phi) is 9.36. The normalized spacial score (nSPS) is 12.8. The van der Waals surface area contributed by atoms with Crippen molar-refractivity contribution in [3.8, 4) is 5.75 Å². The van der Waals surface area contributed by atoms with Crippen molar-refractivity contribution < 1.29 is 23.0 Å². The average Bonchev–Trinajstić information content (AvgIpc) is 2.59. The van der Waals surface area contributed by atoms with Crippen molar-refractivity contribution in [2.45, 2.75) is 25.4 Å². The zero-order valence-corrected chi connectivity index (χ0v) is 16.6. The molecule has 148 valence electrons. The third-order valence-electron chi connectivity index (χ3n) is 3.42. The van der Waals surface area contributed by atoms with E-state index in [2.05, 4.69) is 15.0 Å². The summed E-state index contributed by atoms with van der Waals surface area (Å²) in [5.41, 5.74) is 7.42. The molecule has 0 aliphatic heterocycles. The molecule has 1 atom stereocenters. The van der Waals surface area contributed by atoms with Gasteiger partial charge < -0.3 is 20.9 Å². The molecule has 4 N–H and O–H groups in total. The van der Waals surface area contributed by atoms with Gasteiger partial charge in [0, 0.05) is 13.0 Å². The molecule has 0 radical (unpaired) electrons. The number of aliphatic hydroxyl groups excluding tert-OH is 1. The largest absolute Gasteiger partial charge is 0.573 e. The number of alkyl halides is 3. The van der Waals surface area contributed by atoms with Crippen LogP contribution in [0, 0.1) is 0 Å². The molecule has 0 spiro atoms. The molecule has 0 fully saturated rings. The van der Waals surface area contributed by atoms with Crippen LogP contribution in [0.25, 0.3) is 0 Å². The number of nitrogens with one attached hydrogen (secondary N) is 1. The van der Waals surface area contributed by atoms with E-state index in [1.165, 1.54) is 24.3 Å². The summed E-state index contributed by atoms with van der Waals surface area (Å²) < 4.78 is 40.1. The Morgan fingerprint density at radius 1 is 1.07 bits per heavy atom. The number of halogens is 4. The first-order valence-corrected chi connectivity index (χ1v) is 7.92. The first-order valence-electron chi connectivity index (χ1n) is 7.92. The van der Waals surface area contributed by atoms with E-state index in [1.807, 2.05) is 30.3 Å². The highest BCUT2D eigenvalue weighted by atomic mass is 127. The quantitative estimate of drug-likeness (QED) is 0.313. The van der Waals surface area contributed by atoms with Gasteiger partial charge in [-0.05, 0) is 23.3 Å². The summed E-state index contributed by atoms with van der Waals surface area (Å²) in [7, 11) is 0. The van der Waals surface area contributed by atoms with E-state index in [0.29, 0.717) is 12.0 Å². The Bertz CT molecular complexity index is 710. The van der Waals surface area contributed by atoms with Gasteiger partial charge in [-0.3, -0.25) is 0 Å². The number of rotatable bonds is 7. The van der Waals surface area contributed by atoms with Gasteiger partial charge in [0.2, 0.25) is 0 Å². The second-order valence-electron chi connectivity index (χ2n) is 5.62. The molecule has 1 unspecified atom stereocenters. The molecule has 0 aliphatic rings. The number of ether oxygens (including phenoxy) is 1. The maximum absolute atomic E-state index is 12.1. The predicted molar refractivity (Wildman–Crippen MR) is 108 cm³/mol. The molecular weight excluding hydrogens is 474 g/mol. The maximum Gasteiger partial charge on any atom is 0.573 e. The van der Waals surface area contributed by atoms with Crippen molar-refractivity contribution in [1.82, 2.24) is 5.32 Å². The van der Waals surface area contributed by atoms with Crippen LogP contribution in [0.2, 0.25) is 0 Å². The van der Waals surface area contributed by atoms with Crippen molar-refractivity contribution in [2.75, 3.05) is 6.54 Å². The lowest BCUT2D eigenvalue weighted by atomic mass is 10.1. The lowest BCUT2D eigenvalue weighted by Gasteiger charge is -2.12. The Hall–Kier alpha value is -2.01. The number of hydrogen-bond donors (Lipinski definition) is 3. The number of aliphatic imine (C=N–C) groups is 1. The molecular formula is C18H21F3IN3O2. The van der Waals surface area contributed by atoms with E-state index in [1.54, 1.807) is 0 Å². The number of nitrogens with two attached hydrogens (primary N) is 1. The molecule has 0 heterocycles. The molecule has 0 bridgehead atoms. The van der Waals surface area contributed by atoms with Gasteiger partial charge in [0.1, 0.15) is 5.75 Å². The van der Waals surface area contributed by atoms with Gasteiger partial charge in [-0.25, -0.2) is 4.99 Å². The van der Waals surface area contributed by atoms with Gasteiger partial charge in [0.25, 0.3) is 0 Å². The summed E-state index contributed by atoms with van der Waals surface area (Å²) in [6.45, 7) is 0.433. The van der Waals surface area contributed by atoms with E-state index in [9.17, 15) is 18.3 Å².